The summed E-state index contributed by atoms with van der Waals surface area (Å²) < 4.78 is 2.29. The first-order chi connectivity index (χ1) is 9.34. The van der Waals surface area contributed by atoms with Gasteiger partial charge in [-0.15, -0.1) is 11.3 Å². The highest BCUT2D eigenvalue weighted by Crippen LogP contribution is 2.25. The van der Waals surface area contributed by atoms with E-state index in [0.717, 1.165) is 18.4 Å². The smallest absolute Gasteiger partial charge is 0.150 e. The SMILES string of the molecule is CC(CNC1CCCC1)n1ccnc1-c1cccs1. The molecule has 0 saturated heterocycles. The minimum absolute atomic E-state index is 0.445. The largest absolute Gasteiger partial charge is 0.326 e. The Hall–Kier alpha value is -1.13. The van der Waals surface area contributed by atoms with Crippen LogP contribution >= 0.6 is 11.3 Å². The third-order valence-electron chi connectivity index (χ3n) is 3.94. The van der Waals surface area contributed by atoms with Gasteiger partial charge < -0.3 is 9.88 Å². The molecular formula is C15H21N3S. The number of hydrogen-bond donors (Lipinski definition) is 1. The van der Waals surface area contributed by atoms with Crippen molar-refractivity contribution in [3.05, 3.63) is 29.9 Å². The van der Waals surface area contributed by atoms with E-state index < -0.39 is 0 Å². The van der Waals surface area contributed by atoms with Crippen LogP contribution in [0.15, 0.2) is 29.9 Å². The van der Waals surface area contributed by atoms with Gasteiger partial charge in [0.2, 0.25) is 0 Å². The van der Waals surface area contributed by atoms with E-state index in [0.29, 0.717) is 6.04 Å². The topological polar surface area (TPSA) is 29.9 Å². The van der Waals surface area contributed by atoms with Gasteiger partial charge in [-0.2, -0.15) is 0 Å². The lowest BCUT2D eigenvalue weighted by Gasteiger charge is -2.19. The van der Waals surface area contributed by atoms with Crippen molar-refractivity contribution in [1.82, 2.24) is 14.9 Å². The zero-order valence-corrected chi connectivity index (χ0v) is 12.2. The molecule has 1 aliphatic carbocycles. The van der Waals surface area contributed by atoms with Crippen molar-refractivity contribution in [2.75, 3.05) is 6.54 Å². The summed E-state index contributed by atoms with van der Waals surface area (Å²) in [4.78, 5) is 5.75. The van der Waals surface area contributed by atoms with Gasteiger partial charge in [0.05, 0.1) is 4.88 Å². The Balaban J connectivity index is 1.66. The van der Waals surface area contributed by atoms with Crippen LogP contribution in [0.3, 0.4) is 0 Å². The standard InChI is InChI=1S/C15H21N3S/c1-12(11-17-13-5-2-3-6-13)18-9-8-16-15(18)14-7-4-10-19-14/h4,7-10,12-13,17H,2-3,5-6,11H2,1H3. The predicted octanol–water partition coefficient (Wildman–Crippen LogP) is 3.70. The van der Waals surface area contributed by atoms with E-state index in [1.807, 2.05) is 6.20 Å². The molecule has 1 unspecified atom stereocenters. The Morgan fingerprint density at radius 1 is 1.47 bits per heavy atom. The average molecular weight is 275 g/mol. The van der Waals surface area contributed by atoms with E-state index in [1.54, 1.807) is 11.3 Å². The number of nitrogens with zero attached hydrogens (tertiary/aromatic N) is 2. The summed E-state index contributed by atoms with van der Waals surface area (Å²) in [7, 11) is 0. The van der Waals surface area contributed by atoms with Crippen LogP contribution in [0.4, 0.5) is 0 Å². The van der Waals surface area contributed by atoms with E-state index in [2.05, 4.69) is 45.5 Å². The Labute approximate surface area is 118 Å². The Morgan fingerprint density at radius 2 is 2.32 bits per heavy atom. The molecule has 2 aromatic rings. The molecule has 1 fully saturated rings. The second-order valence-electron chi connectivity index (χ2n) is 5.37. The summed E-state index contributed by atoms with van der Waals surface area (Å²) in [5, 5.41) is 5.80. The summed E-state index contributed by atoms with van der Waals surface area (Å²) >= 11 is 1.75. The molecule has 2 aromatic heterocycles. The molecule has 3 rings (SSSR count). The molecule has 102 valence electrons. The van der Waals surface area contributed by atoms with Crippen LogP contribution in [-0.2, 0) is 0 Å². The highest BCUT2D eigenvalue weighted by Gasteiger charge is 2.17. The Bertz CT molecular complexity index is 497. The van der Waals surface area contributed by atoms with Gasteiger partial charge in [0, 0.05) is 31.0 Å². The molecule has 1 aliphatic rings. The number of thiophene rings is 1. The third-order valence-corrected chi connectivity index (χ3v) is 4.81. The monoisotopic (exact) mass is 275 g/mol. The van der Waals surface area contributed by atoms with Crippen LogP contribution < -0.4 is 5.32 Å². The lowest BCUT2D eigenvalue weighted by Crippen LogP contribution is -2.31. The zero-order chi connectivity index (χ0) is 13.1. The van der Waals surface area contributed by atoms with Crippen molar-refractivity contribution in [3.8, 4) is 10.7 Å². The first-order valence-corrected chi connectivity index (χ1v) is 8.02. The van der Waals surface area contributed by atoms with Crippen molar-refractivity contribution in [2.24, 2.45) is 0 Å². The first kappa shape index (κ1) is 12.9. The van der Waals surface area contributed by atoms with Crippen LogP contribution in [0.2, 0.25) is 0 Å². The maximum atomic E-state index is 4.51. The Kier molecular flexibility index (Phi) is 3.99. The van der Waals surface area contributed by atoms with Crippen molar-refractivity contribution >= 4 is 11.3 Å². The van der Waals surface area contributed by atoms with Crippen molar-refractivity contribution in [1.29, 1.82) is 0 Å². The van der Waals surface area contributed by atoms with E-state index in [1.165, 1.54) is 30.6 Å². The lowest BCUT2D eigenvalue weighted by atomic mass is 10.2. The Morgan fingerprint density at radius 3 is 3.05 bits per heavy atom. The molecule has 0 bridgehead atoms. The van der Waals surface area contributed by atoms with Crippen LogP contribution in [0.1, 0.15) is 38.6 Å². The van der Waals surface area contributed by atoms with Crippen LogP contribution in [0, 0.1) is 0 Å². The molecule has 0 aromatic carbocycles. The molecule has 2 heterocycles. The number of imidazole rings is 1. The van der Waals surface area contributed by atoms with Gasteiger partial charge in [0.1, 0.15) is 5.82 Å². The van der Waals surface area contributed by atoms with E-state index in [-0.39, 0.29) is 0 Å². The van der Waals surface area contributed by atoms with Gasteiger partial charge in [-0.05, 0) is 31.2 Å². The molecule has 0 aliphatic heterocycles. The molecule has 4 heteroatoms. The number of aromatic nitrogens is 2. The van der Waals surface area contributed by atoms with Gasteiger partial charge in [0.15, 0.2) is 0 Å². The highest BCUT2D eigenvalue weighted by molar-refractivity contribution is 7.13. The van der Waals surface area contributed by atoms with Gasteiger partial charge in [-0.25, -0.2) is 4.98 Å². The number of rotatable bonds is 5. The molecule has 3 nitrogen and oxygen atoms in total. The summed E-state index contributed by atoms with van der Waals surface area (Å²) in [5.74, 6) is 1.09. The summed E-state index contributed by atoms with van der Waals surface area (Å²) in [6.45, 7) is 3.29. The van der Waals surface area contributed by atoms with Crippen molar-refractivity contribution < 1.29 is 0 Å². The van der Waals surface area contributed by atoms with E-state index in [4.69, 9.17) is 0 Å². The summed E-state index contributed by atoms with van der Waals surface area (Å²) in [5.41, 5.74) is 0. The zero-order valence-electron chi connectivity index (χ0n) is 11.4. The normalized spacial score (nSPS) is 17.9. The van der Waals surface area contributed by atoms with E-state index in [9.17, 15) is 0 Å². The quantitative estimate of drug-likeness (QED) is 0.901. The molecule has 1 atom stereocenters. The molecule has 1 N–H and O–H groups in total. The maximum absolute atomic E-state index is 4.51. The fourth-order valence-corrected chi connectivity index (χ4v) is 3.56. The second-order valence-corrected chi connectivity index (χ2v) is 6.32. The van der Waals surface area contributed by atoms with Gasteiger partial charge >= 0.3 is 0 Å². The van der Waals surface area contributed by atoms with Crippen LogP contribution in [0.25, 0.3) is 10.7 Å². The van der Waals surface area contributed by atoms with Crippen molar-refractivity contribution in [2.45, 2.75) is 44.7 Å². The fourth-order valence-electron chi connectivity index (χ4n) is 2.83. The molecule has 19 heavy (non-hydrogen) atoms. The highest BCUT2D eigenvalue weighted by atomic mass is 32.1. The molecular weight excluding hydrogens is 254 g/mol. The van der Waals surface area contributed by atoms with Gasteiger partial charge in [0.25, 0.3) is 0 Å². The minimum atomic E-state index is 0.445. The van der Waals surface area contributed by atoms with E-state index >= 15 is 0 Å². The minimum Gasteiger partial charge on any atom is -0.326 e. The number of hydrogen-bond acceptors (Lipinski definition) is 3. The molecule has 1 saturated carbocycles. The molecule has 0 radical (unpaired) electrons. The third kappa shape index (κ3) is 2.90. The first-order valence-electron chi connectivity index (χ1n) is 7.14. The van der Waals surface area contributed by atoms with Gasteiger partial charge in [-0.1, -0.05) is 18.9 Å². The van der Waals surface area contributed by atoms with Gasteiger partial charge in [-0.3, -0.25) is 0 Å². The predicted molar refractivity (Wildman–Crippen MR) is 80.5 cm³/mol. The van der Waals surface area contributed by atoms with Crippen LogP contribution in [0.5, 0.6) is 0 Å². The summed E-state index contributed by atoms with van der Waals surface area (Å²) in [6, 6.07) is 5.40. The van der Waals surface area contributed by atoms with Crippen LogP contribution in [-0.4, -0.2) is 22.1 Å². The second kappa shape index (κ2) is 5.88. The average Bonchev–Trinajstić information content (AvgIpc) is 3.14. The fraction of sp³-hybridized carbons (Fsp3) is 0.533. The molecule has 0 spiro atoms. The lowest BCUT2D eigenvalue weighted by molar-refractivity contribution is 0.442. The maximum Gasteiger partial charge on any atom is 0.150 e. The molecule has 0 amide bonds. The number of nitrogens with one attached hydrogen (secondary N) is 1. The summed E-state index contributed by atoms with van der Waals surface area (Å²) in [6.07, 6.45) is 9.45. The van der Waals surface area contributed by atoms with Crippen molar-refractivity contribution in [3.63, 3.8) is 0 Å².